The fourth-order valence-electron chi connectivity index (χ4n) is 3.26. The molecule has 0 atom stereocenters. The maximum atomic E-state index is 2.37. The largest absolute Gasteiger partial charge is 0.220 e. The molecule has 0 radical (unpaired) electrons. The molecule has 1 aromatic heterocycles. The number of hydrogen-bond donors (Lipinski definition) is 0. The molecule has 1 heteroatoms. The first-order valence-corrected chi connectivity index (χ1v) is 8.39. The van der Waals surface area contributed by atoms with Crippen molar-refractivity contribution in [2.24, 2.45) is 7.05 Å². The maximum Gasteiger partial charge on any atom is 0.220 e. The van der Waals surface area contributed by atoms with E-state index in [1.54, 1.807) is 0 Å². The van der Waals surface area contributed by atoms with Gasteiger partial charge in [-0.2, -0.15) is 4.57 Å². The lowest BCUT2D eigenvalue weighted by atomic mass is 9.93. The minimum Gasteiger partial charge on any atom is -0.198 e. The van der Waals surface area contributed by atoms with Gasteiger partial charge < -0.3 is 0 Å². The molecule has 1 nitrogen and oxygen atoms in total. The lowest BCUT2D eigenvalue weighted by molar-refractivity contribution is -0.665. The Hall–Kier alpha value is -2.15. The van der Waals surface area contributed by atoms with Gasteiger partial charge in [-0.1, -0.05) is 43.7 Å². The van der Waals surface area contributed by atoms with Crippen molar-refractivity contribution >= 4 is 10.8 Å². The number of fused-ring (bicyclic) bond motifs is 1. The van der Waals surface area contributed by atoms with Crippen LogP contribution in [-0.2, 0) is 7.05 Å². The highest BCUT2D eigenvalue weighted by molar-refractivity contribution is 5.94. The summed E-state index contributed by atoms with van der Waals surface area (Å²) in [5.41, 5.74) is 7.99. The van der Waals surface area contributed by atoms with Crippen molar-refractivity contribution < 1.29 is 4.57 Å². The number of nitrogens with zero attached hydrogens (tertiary/aromatic N) is 1. The second kappa shape index (κ2) is 5.81. The van der Waals surface area contributed by atoms with Crippen LogP contribution in [-0.4, -0.2) is 0 Å². The van der Waals surface area contributed by atoms with Gasteiger partial charge in [0, 0.05) is 18.6 Å². The quantitative estimate of drug-likeness (QED) is 0.560. The summed E-state index contributed by atoms with van der Waals surface area (Å²) < 4.78 is 2.33. The predicted octanol–water partition coefficient (Wildman–Crippen LogP) is 5.38. The van der Waals surface area contributed by atoms with Crippen molar-refractivity contribution in [2.45, 2.75) is 40.5 Å². The van der Waals surface area contributed by atoms with Crippen LogP contribution >= 0.6 is 0 Å². The predicted molar refractivity (Wildman–Crippen MR) is 98.9 cm³/mol. The molecular formula is C22H26N+. The summed E-state index contributed by atoms with van der Waals surface area (Å²) in [7, 11) is 2.17. The lowest BCUT2D eigenvalue weighted by Gasteiger charge is -2.13. The van der Waals surface area contributed by atoms with Crippen LogP contribution in [0.15, 0.2) is 42.5 Å². The lowest BCUT2D eigenvalue weighted by Crippen LogP contribution is -2.35. The summed E-state index contributed by atoms with van der Waals surface area (Å²) in [6.45, 7) is 11.1. The molecule has 3 rings (SSSR count). The SMILES string of the molecule is Cc1ccc2cc(C)[n+](C)c(-c3cc(C(C)C)ccc3C)c2c1. The van der Waals surface area contributed by atoms with E-state index in [-0.39, 0.29) is 0 Å². The van der Waals surface area contributed by atoms with Gasteiger partial charge in [-0.05, 0) is 48.4 Å². The molecule has 0 spiro atoms. The van der Waals surface area contributed by atoms with Crippen molar-refractivity contribution in [1.82, 2.24) is 0 Å². The Kier molecular flexibility index (Phi) is 3.97. The molecule has 0 amide bonds. The average molecular weight is 304 g/mol. The van der Waals surface area contributed by atoms with E-state index in [4.69, 9.17) is 0 Å². The molecule has 0 fully saturated rings. The van der Waals surface area contributed by atoms with E-state index in [1.165, 1.54) is 44.4 Å². The maximum absolute atomic E-state index is 2.37. The summed E-state index contributed by atoms with van der Waals surface area (Å²) in [6.07, 6.45) is 0. The molecular weight excluding hydrogens is 278 g/mol. The van der Waals surface area contributed by atoms with E-state index < -0.39 is 0 Å². The molecule has 2 aromatic carbocycles. The van der Waals surface area contributed by atoms with Crippen LogP contribution in [0.5, 0.6) is 0 Å². The molecule has 0 bridgehead atoms. The highest BCUT2D eigenvalue weighted by atomic mass is 14.9. The molecule has 0 unspecified atom stereocenters. The molecule has 0 aliphatic heterocycles. The second-order valence-corrected chi connectivity index (χ2v) is 7.01. The third kappa shape index (κ3) is 2.76. The Morgan fingerprint density at radius 1 is 0.870 bits per heavy atom. The van der Waals surface area contributed by atoms with Crippen LogP contribution < -0.4 is 4.57 Å². The van der Waals surface area contributed by atoms with Gasteiger partial charge in [-0.15, -0.1) is 0 Å². The van der Waals surface area contributed by atoms with E-state index >= 15 is 0 Å². The number of hydrogen-bond acceptors (Lipinski definition) is 0. The molecule has 0 aliphatic rings. The molecule has 0 saturated heterocycles. The number of rotatable bonds is 2. The highest BCUT2D eigenvalue weighted by Gasteiger charge is 2.20. The van der Waals surface area contributed by atoms with E-state index in [1.807, 2.05) is 0 Å². The first-order valence-electron chi connectivity index (χ1n) is 8.39. The number of aromatic nitrogens is 1. The zero-order chi connectivity index (χ0) is 16.7. The Labute approximate surface area is 139 Å². The van der Waals surface area contributed by atoms with Crippen molar-refractivity contribution in [3.63, 3.8) is 0 Å². The van der Waals surface area contributed by atoms with E-state index in [2.05, 4.69) is 88.7 Å². The summed E-state index contributed by atoms with van der Waals surface area (Å²) in [6, 6.07) is 15.9. The van der Waals surface area contributed by atoms with Gasteiger partial charge in [0.25, 0.3) is 0 Å². The van der Waals surface area contributed by atoms with E-state index in [0.29, 0.717) is 5.92 Å². The normalized spacial score (nSPS) is 11.4. The van der Waals surface area contributed by atoms with E-state index in [0.717, 1.165) is 0 Å². The smallest absolute Gasteiger partial charge is 0.198 e. The summed E-state index contributed by atoms with van der Waals surface area (Å²) in [5, 5.41) is 2.65. The van der Waals surface area contributed by atoms with Crippen LogP contribution in [0.25, 0.3) is 22.0 Å². The number of aryl methyl sites for hydroxylation is 3. The monoisotopic (exact) mass is 304 g/mol. The summed E-state index contributed by atoms with van der Waals surface area (Å²) in [5.74, 6) is 0.539. The fraction of sp³-hybridized carbons (Fsp3) is 0.318. The van der Waals surface area contributed by atoms with Crippen LogP contribution in [0.1, 0.15) is 42.1 Å². The summed E-state index contributed by atoms with van der Waals surface area (Å²) in [4.78, 5) is 0. The molecule has 3 aromatic rings. The zero-order valence-corrected chi connectivity index (χ0v) is 15.1. The molecule has 118 valence electrons. The molecule has 0 N–H and O–H groups in total. The van der Waals surface area contributed by atoms with Crippen molar-refractivity contribution in [3.8, 4) is 11.3 Å². The van der Waals surface area contributed by atoms with Crippen molar-refractivity contribution in [1.29, 1.82) is 0 Å². The fourth-order valence-corrected chi connectivity index (χ4v) is 3.26. The average Bonchev–Trinajstić information content (AvgIpc) is 2.50. The Morgan fingerprint density at radius 3 is 2.30 bits per heavy atom. The van der Waals surface area contributed by atoms with E-state index in [9.17, 15) is 0 Å². The third-order valence-electron chi connectivity index (χ3n) is 4.88. The standard InChI is InChI=1S/C22H26N/c1-14(2)18-10-8-16(4)20(13-18)22-21-11-15(3)7-9-19(21)12-17(5)23(22)6/h7-14H,1-6H3/q+1. The third-order valence-corrected chi connectivity index (χ3v) is 4.88. The molecule has 1 heterocycles. The Balaban J connectivity index is 2.42. The van der Waals surface area contributed by atoms with Gasteiger partial charge in [-0.25, -0.2) is 0 Å². The minimum atomic E-state index is 0.539. The molecule has 0 saturated carbocycles. The van der Waals surface area contributed by atoms with Gasteiger partial charge in [0.05, 0.1) is 5.39 Å². The minimum absolute atomic E-state index is 0.539. The summed E-state index contributed by atoms with van der Waals surface area (Å²) >= 11 is 0. The zero-order valence-electron chi connectivity index (χ0n) is 15.1. The number of pyridine rings is 1. The Bertz CT molecular complexity index is 888. The topological polar surface area (TPSA) is 3.88 Å². The highest BCUT2D eigenvalue weighted by Crippen LogP contribution is 2.31. The molecule has 23 heavy (non-hydrogen) atoms. The number of benzene rings is 2. The van der Waals surface area contributed by atoms with Crippen LogP contribution in [0.4, 0.5) is 0 Å². The van der Waals surface area contributed by atoms with Crippen molar-refractivity contribution in [2.75, 3.05) is 0 Å². The van der Waals surface area contributed by atoms with Crippen molar-refractivity contribution in [3.05, 3.63) is 64.8 Å². The first kappa shape index (κ1) is 15.7. The van der Waals surface area contributed by atoms with Crippen LogP contribution in [0, 0.1) is 20.8 Å². The van der Waals surface area contributed by atoms with Gasteiger partial charge in [0.1, 0.15) is 7.05 Å². The van der Waals surface area contributed by atoms with Gasteiger partial charge in [0.2, 0.25) is 5.69 Å². The Morgan fingerprint density at radius 2 is 1.61 bits per heavy atom. The van der Waals surface area contributed by atoms with Gasteiger partial charge in [-0.3, -0.25) is 0 Å². The first-order chi connectivity index (χ1) is 10.9. The van der Waals surface area contributed by atoms with Crippen LogP contribution in [0.3, 0.4) is 0 Å². The second-order valence-electron chi connectivity index (χ2n) is 7.01. The van der Waals surface area contributed by atoms with Gasteiger partial charge >= 0.3 is 0 Å². The molecule has 0 aliphatic carbocycles. The van der Waals surface area contributed by atoms with Gasteiger partial charge in [0.15, 0.2) is 5.69 Å². The van der Waals surface area contributed by atoms with Crippen LogP contribution in [0.2, 0.25) is 0 Å².